The van der Waals surface area contributed by atoms with Crippen molar-refractivity contribution in [2.45, 2.75) is 39.2 Å². The first-order chi connectivity index (χ1) is 16.2. The van der Waals surface area contributed by atoms with E-state index in [-0.39, 0.29) is 23.8 Å². The van der Waals surface area contributed by atoms with Crippen molar-refractivity contribution >= 4 is 40.3 Å². The molecule has 9 heteroatoms. The van der Waals surface area contributed by atoms with Gasteiger partial charge in [0, 0.05) is 35.6 Å². The molecule has 3 N–H and O–H groups in total. The van der Waals surface area contributed by atoms with Gasteiger partial charge in [0.05, 0.1) is 5.52 Å². The third kappa shape index (κ3) is 5.54. The molecule has 0 unspecified atom stereocenters. The largest absolute Gasteiger partial charge is 0.444 e. The van der Waals surface area contributed by atoms with E-state index < -0.39 is 5.60 Å². The van der Waals surface area contributed by atoms with Crippen LogP contribution < -0.4 is 10.6 Å². The zero-order valence-corrected chi connectivity index (χ0v) is 19.6. The first-order valence-corrected chi connectivity index (χ1v) is 11.3. The minimum atomic E-state index is -0.545. The molecule has 0 bridgehead atoms. The molecule has 34 heavy (non-hydrogen) atoms. The second kappa shape index (κ2) is 9.54. The molecule has 0 aliphatic carbocycles. The number of nitrogens with zero attached hydrogens (tertiary/aromatic N) is 2. The summed E-state index contributed by atoms with van der Waals surface area (Å²) in [6, 6.07) is 14.3. The minimum absolute atomic E-state index is 0.0958. The predicted octanol–water partition coefficient (Wildman–Crippen LogP) is 4.40. The summed E-state index contributed by atoms with van der Waals surface area (Å²) in [5.74, 6) is -0.164. The van der Waals surface area contributed by atoms with Crippen molar-refractivity contribution in [3.8, 4) is 0 Å². The summed E-state index contributed by atoms with van der Waals surface area (Å²) < 4.78 is 5.42. The average Bonchev–Trinajstić information content (AvgIpc) is 3.20. The smallest absolute Gasteiger partial charge is 0.410 e. The van der Waals surface area contributed by atoms with Crippen LogP contribution in [-0.2, 0) is 9.53 Å². The van der Waals surface area contributed by atoms with E-state index in [1.54, 1.807) is 47.4 Å². The van der Waals surface area contributed by atoms with Crippen LogP contribution in [0.3, 0.4) is 0 Å². The van der Waals surface area contributed by atoms with Gasteiger partial charge in [-0.3, -0.25) is 14.7 Å². The van der Waals surface area contributed by atoms with Gasteiger partial charge in [-0.05, 0) is 63.9 Å². The maximum Gasteiger partial charge on any atom is 0.410 e. The van der Waals surface area contributed by atoms with E-state index >= 15 is 0 Å². The first-order valence-electron chi connectivity index (χ1n) is 11.3. The molecule has 3 amide bonds. The van der Waals surface area contributed by atoms with Crippen LogP contribution in [0.15, 0.2) is 48.5 Å². The number of amides is 3. The average molecular weight is 464 g/mol. The summed E-state index contributed by atoms with van der Waals surface area (Å²) in [5, 5.41) is 13.6. The molecule has 9 nitrogen and oxygen atoms in total. The normalized spacial score (nSPS) is 14.6. The summed E-state index contributed by atoms with van der Waals surface area (Å²) in [4.78, 5) is 39.3. The van der Waals surface area contributed by atoms with Gasteiger partial charge in [-0.25, -0.2) is 4.79 Å². The van der Waals surface area contributed by atoms with Crippen LogP contribution in [0.25, 0.3) is 10.9 Å². The fourth-order valence-electron chi connectivity index (χ4n) is 3.85. The molecule has 0 saturated carbocycles. The van der Waals surface area contributed by atoms with Crippen LogP contribution in [0.5, 0.6) is 0 Å². The van der Waals surface area contributed by atoms with Crippen LogP contribution >= 0.6 is 0 Å². The number of hydrogen-bond donors (Lipinski definition) is 3. The van der Waals surface area contributed by atoms with E-state index in [1.807, 2.05) is 26.8 Å². The third-order valence-corrected chi connectivity index (χ3v) is 5.62. The Labute approximate surface area is 197 Å². The van der Waals surface area contributed by atoms with Gasteiger partial charge in [-0.15, -0.1) is 0 Å². The number of nitrogens with one attached hydrogen (secondary N) is 3. The van der Waals surface area contributed by atoms with Crippen molar-refractivity contribution in [3.63, 3.8) is 0 Å². The van der Waals surface area contributed by atoms with Crippen molar-refractivity contribution in [2.24, 2.45) is 5.92 Å². The quantitative estimate of drug-likeness (QED) is 0.530. The van der Waals surface area contributed by atoms with Gasteiger partial charge in [0.15, 0.2) is 5.82 Å². The topological polar surface area (TPSA) is 116 Å². The molecule has 1 aliphatic heterocycles. The number of ether oxygens (including phenoxy) is 1. The summed E-state index contributed by atoms with van der Waals surface area (Å²) in [6.07, 6.45) is 0.788. The lowest BCUT2D eigenvalue weighted by atomic mass is 9.96. The number of anilines is 2. The number of piperidine rings is 1. The number of aromatic nitrogens is 2. The fourth-order valence-corrected chi connectivity index (χ4v) is 3.85. The maximum atomic E-state index is 12.9. The molecule has 1 aliphatic rings. The van der Waals surface area contributed by atoms with E-state index in [0.717, 1.165) is 5.52 Å². The lowest BCUT2D eigenvalue weighted by Gasteiger charge is -2.32. The molecular formula is C25H29N5O4. The molecule has 1 fully saturated rings. The molecule has 0 spiro atoms. The van der Waals surface area contributed by atoms with E-state index in [2.05, 4.69) is 20.8 Å². The number of carbonyl (C=O) groups excluding carboxylic acids is 3. The van der Waals surface area contributed by atoms with Crippen LogP contribution in [0, 0.1) is 5.92 Å². The van der Waals surface area contributed by atoms with Crippen molar-refractivity contribution in [3.05, 3.63) is 54.1 Å². The SMILES string of the molecule is CC(C)(C)OC(=O)N1CCC(C(=O)Nc2ccc3[nH]nc(NC(=O)c4ccccc4)c3c2)CC1. The number of H-pyrrole nitrogens is 1. The highest BCUT2D eigenvalue weighted by atomic mass is 16.6. The lowest BCUT2D eigenvalue weighted by molar-refractivity contribution is -0.121. The number of fused-ring (bicyclic) bond motifs is 1. The van der Waals surface area contributed by atoms with Crippen LogP contribution in [0.1, 0.15) is 44.0 Å². The fraction of sp³-hybridized carbons (Fsp3) is 0.360. The molecule has 1 aromatic heterocycles. The highest BCUT2D eigenvalue weighted by Gasteiger charge is 2.30. The molecule has 2 heterocycles. The van der Waals surface area contributed by atoms with Crippen molar-refractivity contribution in [1.29, 1.82) is 0 Å². The summed E-state index contributed by atoms with van der Waals surface area (Å²) in [6.45, 7) is 6.45. The van der Waals surface area contributed by atoms with E-state index in [9.17, 15) is 14.4 Å². The molecule has 1 saturated heterocycles. The number of hydrogen-bond acceptors (Lipinski definition) is 5. The number of rotatable bonds is 4. The number of aromatic amines is 1. The van der Waals surface area contributed by atoms with Crippen LogP contribution in [0.2, 0.25) is 0 Å². The molecule has 0 atom stereocenters. The summed E-state index contributed by atoms with van der Waals surface area (Å²) >= 11 is 0. The monoisotopic (exact) mass is 463 g/mol. The van der Waals surface area contributed by atoms with E-state index in [1.165, 1.54) is 0 Å². The van der Waals surface area contributed by atoms with Gasteiger partial charge in [-0.1, -0.05) is 18.2 Å². The first kappa shape index (κ1) is 23.3. The highest BCUT2D eigenvalue weighted by Crippen LogP contribution is 2.26. The number of carbonyl (C=O) groups is 3. The Morgan fingerprint density at radius 1 is 1.03 bits per heavy atom. The van der Waals surface area contributed by atoms with Crippen LogP contribution in [-0.4, -0.2) is 51.7 Å². The summed E-state index contributed by atoms with van der Waals surface area (Å²) in [7, 11) is 0. The molecule has 0 radical (unpaired) electrons. The highest BCUT2D eigenvalue weighted by molar-refractivity contribution is 6.08. The van der Waals surface area contributed by atoms with Gasteiger partial charge in [-0.2, -0.15) is 5.10 Å². The zero-order valence-electron chi connectivity index (χ0n) is 19.6. The van der Waals surface area contributed by atoms with Gasteiger partial charge < -0.3 is 20.3 Å². The molecule has 178 valence electrons. The van der Waals surface area contributed by atoms with Crippen molar-refractivity contribution in [1.82, 2.24) is 15.1 Å². The standard InChI is InChI=1S/C25H29N5O4/c1-25(2,3)34-24(33)30-13-11-17(12-14-30)22(31)26-18-9-10-20-19(15-18)21(29-28-20)27-23(32)16-7-5-4-6-8-16/h4-10,15,17H,11-14H2,1-3H3,(H,26,31)(H2,27,28,29,32). The Balaban J connectivity index is 1.38. The van der Waals surface area contributed by atoms with Crippen molar-refractivity contribution < 1.29 is 19.1 Å². The maximum absolute atomic E-state index is 12.9. The lowest BCUT2D eigenvalue weighted by Crippen LogP contribution is -2.43. The zero-order chi connectivity index (χ0) is 24.3. The molecule has 3 aromatic rings. The Hall–Kier alpha value is -3.88. The third-order valence-electron chi connectivity index (χ3n) is 5.62. The van der Waals surface area contributed by atoms with E-state index in [0.29, 0.717) is 48.4 Å². The number of likely N-dealkylation sites (tertiary alicyclic amines) is 1. The second-order valence-corrected chi connectivity index (χ2v) is 9.38. The van der Waals surface area contributed by atoms with Gasteiger partial charge in [0.25, 0.3) is 5.91 Å². The molecular weight excluding hydrogens is 434 g/mol. The Bertz CT molecular complexity index is 1190. The van der Waals surface area contributed by atoms with Crippen molar-refractivity contribution in [2.75, 3.05) is 23.7 Å². The Morgan fingerprint density at radius 2 is 1.74 bits per heavy atom. The molecule has 2 aromatic carbocycles. The minimum Gasteiger partial charge on any atom is -0.444 e. The Morgan fingerprint density at radius 3 is 2.41 bits per heavy atom. The summed E-state index contributed by atoms with van der Waals surface area (Å²) in [5.41, 5.74) is 1.34. The van der Waals surface area contributed by atoms with Crippen LogP contribution in [0.4, 0.5) is 16.3 Å². The predicted molar refractivity (Wildman–Crippen MR) is 130 cm³/mol. The van der Waals surface area contributed by atoms with E-state index in [4.69, 9.17) is 4.74 Å². The Kier molecular flexibility index (Phi) is 6.54. The molecule has 4 rings (SSSR count). The van der Waals surface area contributed by atoms with Gasteiger partial charge in [0.1, 0.15) is 5.60 Å². The van der Waals surface area contributed by atoms with Gasteiger partial charge in [0.2, 0.25) is 5.91 Å². The number of benzene rings is 2. The second-order valence-electron chi connectivity index (χ2n) is 9.38. The van der Waals surface area contributed by atoms with Gasteiger partial charge >= 0.3 is 6.09 Å².